The number of benzene rings is 1. The van der Waals surface area contributed by atoms with Crippen molar-refractivity contribution in [3.63, 3.8) is 0 Å². The van der Waals surface area contributed by atoms with Crippen molar-refractivity contribution in [1.29, 1.82) is 0 Å². The third-order valence-corrected chi connectivity index (χ3v) is 5.00. The fourth-order valence-corrected chi connectivity index (χ4v) is 2.80. The molecule has 1 aliphatic carbocycles. The zero-order valence-corrected chi connectivity index (χ0v) is 12.3. The van der Waals surface area contributed by atoms with Gasteiger partial charge in [-0.25, -0.2) is 0 Å². The molecule has 3 N–H and O–H groups in total. The molecule has 2 rings (SSSR count). The van der Waals surface area contributed by atoms with Crippen molar-refractivity contribution in [2.45, 2.75) is 46.6 Å². The minimum absolute atomic E-state index is 0.118. The number of para-hydroxylation sites is 1. The largest absolute Gasteiger partial charge is 0.399 e. The fourth-order valence-electron chi connectivity index (χ4n) is 2.80. The van der Waals surface area contributed by atoms with Crippen LogP contribution in [0.25, 0.3) is 0 Å². The summed E-state index contributed by atoms with van der Waals surface area (Å²) in [5.41, 5.74) is 8.07. The summed E-state index contributed by atoms with van der Waals surface area (Å²) in [6.45, 7) is 8.81. The summed E-state index contributed by atoms with van der Waals surface area (Å²) in [6.07, 6.45) is 1.20. The lowest BCUT2D eigenvalue weighted by molar-refractivity contribution is -0.121. The Bertz CT molecular complexity index is 477. The van der Waals surface area contributed by atoms with Crippen molar-refractivity contribution in [2.24, 2.45) is 10.8 Å². The molecule has 1 saturated carbocycles. The quantitative estimate of drug-likeness (QED) is 0.818. The molecule has 1 aromatic rings. The maximum atomic E-state index is 12.0. The van der Waals surface area contributed by atoms with Crippen molar-refractivity contribution < 1.29 is 4.79 Å². The number of anilines is 1. The third kappa shape index (κ3) is 2.46. The first kappa shape index (κ1) is 13.9. The summed E-state index contributed by atoms with van der Waals surface area (Å²) >= 11 is 0. The molecule has 3 nitrogen and oxygen atoms in total. The van der Waals surface area contributed by atoms with E-state index in [0.29, 0.717) is 12.8 Å². The van der Waals surface area contributed by atoms with E-state index in [0.717, 1.165) is 11.3 Å². The Balaban J connectivity index is 1.86. The van der Waals surface area contributed by atoms with Gasteiger partial charge in [-0.2, -0.15) is 0 Å². The average Bonchev–Trinajstić information content (AvgIpc) is 2.71. The molecule has 19 heavy (non-hydrogen) atoms. The van der Waals surface area contributed by atoms with Gasteiger partial charge in [0.05, 0.1) is 0 Å². The van der Waals surface area contributed by atoms with Gasteiger partial charge in [0.2, 0.25) is 5.91 Å². The lowest BCUT2D eigenvalue weighted by atomic mass is 10.0. The second kappa shape index (κ2) is 4.55. The third-order valence-electron chi connectivity index (χ3n) is 5.00. The van der Waals surface area contributed by atoms with E-state index >= 15 is 0 Å². The Kier molecular flexibility index (Phi) is 3.33. The molecule has 0 aromatic heterocycles. The molecule has 104 valence electrons. The summed E-state index contributed by atoms with van der Waals surface area (Å²) in [5, 5.41) is 3.14. The minimum Gasteiger partial charge on any atom is -0.399 e. The Morgan fingerprint density at radius 1 is 1.21 bits per heavy atom. The van der Waals surface area contributed by atoms with Gasteiger partial charge in [0.25, 0.3) is 0 Å². The van der Waals surface area contributed by atoms with Crippen LogP contribution in [-0.4, -0.2) is 11.9 Å². The molecule has 0 heterocycles. The van der Waals surface area contributed by atoms with Crippen LogP contribution in [0.5, 0.6) is 0 Å². The van der Waals surface area contributed by atoms with Crippen LogP contribution < -0.4 is 11.1 Å². The van der Waals surface area contributed by atoms with E-state index in [1.807, 2.05) is 24.3 Å². The highest BCUT2D eigenvalue weighted by atomic mass is 16.1. The van der Waals surface area contributed by atoms with Crippen LogP contribution in [0.4, 0.5) is 5.69 Å². The molecule has 1 aromatic carbocycles. The molecular formula is C16H24N2O. The van der Waals surface area contributed by atoms with Crippen molar-refractivity contribution in [1.82, 2.24) is 5.32 Å². The number of hydrogen-bond acceptors (Lipinski definition) is 2. The van der Waals surface area contributed by atoms with Gasteiger partial charge in [-0.05, 0) is 28.9 Å². The van der Waals surface area contributed by atoms with Crippen LogP contribution in [0.2, 0.25) is 0 Å². The van der Waals surface area contributed by atoms with E-state index in [1.54, 1.807) is 0 Å². The maximum absolute atomic E-state index is 12.0. The Morgan fingerprint density at radius 2 is 1.79 bits per heavy atom. The van der Waals surface area contributed by atoms with Gasteiger partial charge in [0.1, 0.15) is 0 Å². The van der Waals surface area contributed by atoms with Gasteiger partial charge in [-0.3, -0.25) is 4.79 Å². The van der Waals surface area contributed by atoms with Crippen molar-refractivity contribution in [2.75, 3.05) is 5.73 Å². The van der Waals surface area contributed by atoms with Crippen LogP contribution in [0.3, 0.4) is 0 Å². The average molecular weight is 260 g/mol. The molecule has 3 heteroatoms. The highest BCUT2D eigenvalue weighted by Crippen LogP contribution is 2.62. The molecule has 0 saturated heterocycles. The monoisotopic (exact) mass is 260 g/mol. The smallest absolute Gasteiger partial charge is 0.220 e. The number of nitrogens with one attached hydrogen (secondary N) is 1. The van der Waals surface area contributed by atoms with Crippen molar-refractivity contribution in [3.05, 3.63) is 29.8 Å². The highest BCUT2D eigenvalue weighted by molar-refractivity contribution is 5.77. The lowest BCUT2D eigenvalue weighted by Crippen LogP contribution is -2.29. The van der Waals surface area contributed by atoms with E-state index in [4.69, 9.17) is 5.73 Å². The molecule has 0 bridgehead atoms. The van der Waals surface area contributed by atoms with Gasteiger partial charge < -0.3 is 11.1 Å². The molecule has 0 unspecified atom stereocenters. The van der Waals surface area contributed by atoms with Gasteiger partial charge >= 0.3 is 0 Å². The van der Waals surface area contributed by atoms with Crippen molar-refractivity contribution in [3.8, 4) is 0 Å². The van der Waals surface area contributed by atoms with Crippen LogP contribution in [0.15, 0.2) is 24.3 Å². The number of carbonyl (C=O) groups is 1. The van der Waals surface area contributed by atoms with Crippen LogP contribution in [0.1, 0.15) is 39.7 Å². The number of amides is 1. The SMILES string of the molecule is CC1(C)C(NC(=O)CCc2ccccc2N)C1(C)C. The van der Waals surface area contributed by atoms with E-state index in [9.17, 15) is 4.79 Å². The number of nitrogens with two attached hydrogens (primary N) is 1. The van der Waals surface area contributed by atoms with E-state index in [1.165, 1.54) is 0 Å². The topological polar surface area (TPSA) is 55.1 Å². The van der Waals surface area contributed by atoms with E-state index < -0.39 is 0 Å². The first-order valence-corrected chi connectivity index (χ1v) is 6.89. The van der Waals surface area contributed by atoms with Crippen LogP contribution in [0, 0.1) is 10.8 Å². The first-order valence-electron chi connectivity index (χ1n) is 6.89. The normalized spacial score (nSPS) is 20.0. The van der Waals surface area contributed by atoms with E-state index in [2.05, 4.69) is 33.0 Å². The second-order valence-electron chi connectivity index (χ2n) is 6.64. The maximum Gasteiger partial charge on any atom is 0.220 e. The molecule has 0 spiro atoms. The summed E-state index contributed by atoms with van der Waals surface area (Å²) in [4.78, 5) is 12.0. The minimum atomic E-state index is 0.118. The molecule has 0 radical (unpaired) electrons. The zero-order valence-electron chi connectivity index (χ0n) is 12.3. The van der Waals surface area contributed by atoms with Gasteiger partial charge in [0, 0.05) is 18.2 Å². The standard InChI is InChI=1S/C16H24N2O/c1-15(2)14(16(15,3)4)18-13(19)10-9-11-7-5-6-8-12(11)17/h5-8,14H,9-10,17H2,1-4H3,(H,18,19). The fraction of sp³-hybridized carbons (Fsp3) is 0.562. The summed E-state index contributed by atoms with van der Waals surface area (Å²) < 4.78 is 0. The van der Waals surface area contributed by atoms with E-state index in [-0.39, 0.29) is 22.8 Å². The number of nitrogen functional groups attached to an aromatic ring is 1. The number of carbonyl (C=O) groups excluding carboxylic acids is 1. The van der Waals surface area contributed by atoms with Crippen LogP contribution >= 0.6 is 0 Å². The summed E-state index contributed by atoms with van der Waals surface area (Å²) in [7, 11) is 0. The van der Waals surface area contributed by atoms with Gasteiger partial charge in [-0.15, -0.1) is 0 Å². The molecule has 1 amide bonds. The molecule has 1 aliphatic rings. The Morgan fingerprint density at radius 3 is 2.32 bits per heavy atom. The molecule has 0 atom stereocenters. The molecule has 0 aliphatic heterocycles. The predicted molar refractivity (Wildman–Crippen MR) is 78.7 cm³/mol. The highest BCUT2D eigenvalue weighted by Gasteiger charge is 2.65. The Labute approximate surface area is 115 Å². The van der Waals surface area contributed by atoms with Crippen LogP contribution in [-0.2, 0) is 11.2 Å². The Hall–Kier alpha value is -1.51. The first-order chi connectivity index (χ1) is 8.76. The van der Waals surface area contributed by atoms with Gasteiger partial charge in [-0.1, -0.05) is 45.9 Å². The zero-order chi connectivity index (χ0) is 14.3. The number of aryl methyl sites for hydroxylation is 1. The van der Waals surface area contributed by atoms with Crippen molar-refractivity contribution >= 4 is 11.6 Å². The number of hydrogen-bond donors (Lipinski definition) is 2. The predicted octanol–water partition coefficient (Wildman–Crippen LogP) is 2.75. The summed E-state index contributed by atoms with van der Waals surface area (Å²) in [6, 6.07) is 8.00. The van der Waals surface area contributed by atoms with Gasteiger partial charge in [0.15, 0.2) is 0 Å². The number of rotatable bonds is 4. The molecular weight excluding hydrogens is 236 g/mol. The molecule has 1 fully saturated rings. The lowest BCUT2D eigenvalue weighted by Gasteiger charge is -2.08. The second-order valence-corrected chi connectivity index (χ2v) is 6.64. The summed E-state index contributed by atoms with van der Waals surface area (Å²) in [5.74, 6) is 0.118.